The highest BCUT2D eigenvalue weighted by atomic mass is 16.4. The first-order valence-corrected chi connectivity index (χ1v) is 5.78. The lowest BCUT2D eigenvalue weighted by molar-refractivity contribution is 0.0696. The third-order valence-corrected chi connectivity index (χ3v) is 3.20. The van der Waals surface area contributed by atoms with Gasteiger partial charge in [0.05, 0.1) is 5.56 Å². The minimum absolute atomic E-state index is 0.00104. The Morgan fingerprint density at radius 3 is 2.38 bits per heavy atom. The Hall–Kier alpha value is -1.25. The number of nitrogens with zero attached hydrogens (tertiary/aromatic N) is 1. The summed E-state index contributed by atoms with van der Waals surface area (Å²) < 4.78 is 2.23. The van der Waals surface area contributed by atoms with Crippen LogP contribution < -0.4 is 0 Å². The van der Waals surface area contributed by atoms with Gasteiger partial charge < -0.3 is 9.67 Å². The summed E-state index contributed by atoms with van der Waals surface area (Å²) in [5.41, 5.74) is 2.50. The molecule has 0 bridgehead atoms. The van der Waals surface area contributed by atoms with Crippen molar-refractivity contribution in [1.29, 1.82) is 0 Å². The average Bonchev–Trinajstić information content (AvgIpc) is 2.87. The van der Waals surface area contributed by atoms with E-state index in [0.717, 1.165) is 11.4 Å². The molecule has 1 fully saturated rings. The lowest BCUT2D eigenvalue weighted by atomic mass is 9.92. The van der Waals surface area contributed by atoms with Gasteiger partial charge in [0.15, 0.2) is 0 Å². The molecule has 1 aromatic heterocycles. The fourth-order valence-electron chi connectivity index (χ4n) is 2.22. The van der Waals surface area contributed by atoms with Gasteiger partial charge >= 0.3 is 5.97 Å². The van der Waals surface area contributed by atoms with Gasteiger partial charge in [0.25, 0.3) is 0 Å². The molecule has 88 valence electrons. The molecule has 0 aliphatic heterocycles. The van der Waals surface area contributed by atoms with Crippen LogP contribution in [0.3, 0.4) is 0 Å². The number of rotatable bonds is 2. The fourth-order valence-corrected chi connectivity index (χ4v) is 2.22. The number of carboxylic acid groups (broad SMARTS) is 1. The minimum atomic E-state index is -0.817. The Balaban J connectivity index is 2.59. The highest BCUT2D eigenvalue weighted by molar-refractivity contribution is 5.89. The number of aromatic carboxylic acids is 1. The van der Waals surface area contributed by atoms with E-state index in [9.17, 15) is 4.79 Å². The van der Waals surface area contributed by atoms with Crippen LogP contribution in [0.2, 0.25) is 0 Å². The van der Waals surface area contributed by atoms with Crippen LogP contribution in [0, 0.1) is 6.92 Å². The van der Waals surface area contributed by atoms with Crippen molar-refractivity contribution in [1.82, 2.24) is 4.57 Å². The Morgan fingerprint density at radius 2 is 2.00 bits per heavy atom. The van der Waals surface area contributed by atoms with Gasteiger partial charge in [-0.15, -0.1) is 0 Å². The van der Waals surface area contributed by atoms with Crippen molar-refractivity contribution in [2.24, 2.45) is 0 Å². The van der Waals surface area contributed by atoms with Gasteiger partial charge in [0.2, 0.25) is 0 Å². The molecule has 3 nitrogen and oxygen atoms in total. The number of aromatic nitrogens is 1. The molecule has 1 saturated carbocycles. The monoisotopic (exact) mass is 221 g/mol. The Kier molecular flexibility index (Phi) is 2.37. The molecule has 1 heterocycles. The van der Waals surface area contributed by atoms with E-state index in [4.69, 9.17) is 5.11 Å². The molecule has 0 aromatic carbocycles. The largest absolute Gasteiger partial charge is 0.478 e. The van der Waals surface area contributed by atoms with Crippen LogP contribution in [0.25, 0.3) is 0 Å². The summed E-state index contributed by atoms with van der Waals surface area (Å²) in [6, 6.07) is 2.37. The lowest BCUT2D eigenvalue weighted by Gasteiger charge is -2.22. The Labute approximate surface area is 96.1 Å². The first kappa shape index (κ1) is 11.2. The van der Waals surface area contributed by atoms with Gasteiger partial charge in [-0.3, -0.25) is 0 Å². The second-order valence-electron chi connectivity index (χ2n) is 5.68. The smallest absolute Gasteiger partial charge is 0.337 e. The molecule has 0 radical (unpaired) electrons. The SMILES string of the molecule is Cc1c(C(=O)O)cc(C(C)(C)C)n1C1CC1. The summed E-state index contributed by atoms with van der Waals surface area (Å²) >= 11 is 0. The van der Waals surface area contributed by atoms with Gasteiger partial charge in [0, 0.05) is 22.8 Å². The number of hydrogen-bond acceptors (Lipinski definition) is 1. The first-order chi connectivity index (χ1) is 7.32. The highest BCUT2D eigenvalue weighted by Crippen LogP contribution is 2.41. The molecule has 1 aliphatic carbocycles. The number of hydrogen-bond donors (Lipinski definition) is 1. The van der Waals surface area contributed by atoms with Gasteiger partial charge in [-0.05, 0) is 25.8 Å². The Bertz CT molecular complexity index is 434. The molecule has 0 saturated heterocycles. The fraction of sp³-hybridized carbons (Fsp3) is 0.615. The van der Waals surface area contributed by atoms with Crippen molar-refractivity contribution in [2.75, 3.05) is 0 Å². The van der Waals surface area contributed by atoms with E-state index in [1.807, 2.05) is 13.0 Å². The third-order valence-electron chi connectivity index (χ3n) is 3.20. The van der Waals surface area contributed by atoms with Crippen LogP contribution >= 0.6 is 0 Å². The maximum Gasteiger partial charge on any atom is 0.337 e. The molecule has 0 amide bonds. The van der Waals surface area contributed by atoms with Crippen molar-refractivity contribution in [2.45, 2.75) is 52.0 Å². The minimum Gasteiger partial charge on any atom is -0.478 e. The Morgan fingerprint density at radius 1 is 1.44 bits per heavy atom. The molecule has 16 heavy (non-hydrogen) atoms. The normalized spacial score (nSPS) is 16.5. The zero-order valence-corrected chi connectivity index (χ0v) is 10.4. The van der Waals surface area contributed by atoms with Gasteiger partial charge in [0.1, 0.15) is 0 Å². The van der Waals surface area contributed by atoms with Gasteiger partial charge in [-0.1, -0.05) is 20.8 Å². The molecule has 1 aliphatic rings. The van der Waals surface area contributed by atoms with Crippen molar-refractivity contribution < 1.29 is 9.90 Å². The zero-order valence-electron chi connectivity index (χ0n) is 10.4. The van der Waals surface area contributed by atoms with E-state index in [1.165, 1.54) is 12.8 Å². The van der Waals surface area contributed by atoms with Crippen molar-refractivity contribution in [3.8, 4) is 0 Å². The topological polar surface area (TPSA) is 42.2 Å². The number of carbonyl (C=O) groups is 1. The predicted molar refractivity (Wildman–Crippen MR) is 63.1 cm³/mol. The molecular weight excluding hydrogens is 202 g/mol. The van der Waals surface area contributed by atoms with Gasteiger partial charge in [-0.2, -0.15) is 0 Å². The molecular formula is C13H19NO2. The summed E-state index contributed by atoms with van der Waals surface area (Å²) in [6.45, 7) is 8.31. The first-order valence-electron chi connectivity index (χ1n) is 5.78. The zero-order chi connectivity index (χ0) is 12.1. The lowest BCUT2D eigenvalue weighted by Crippen LogP contribution is -2.17. The van der Waals surface area contributed by atoms with E-state index in [-0.39, 0.29) is 5.41 Å². The standard InChI is InChI=1S/C13H19NO2/c1-8-10(12(15)16)7-11(13(2,3)4)14(8)9-5-6-9/h7,9H,5-6H2,1-4H3,(H,15,16). The van der Waals surface area contributed by atoms with Crippen LogP contribution in [-0.2, 0) is 5.41 Å². The van der Waals surface area contributed by atoms with E-state index in [1.54, 1.807) is 0 Å². The summed E-state index contributed by atoms with van der Waals surface area (Å²) in [4.78, 5) is 11.1. The van der Waals surface area contributed by atoms with Crippen LogP contribution in [0.1, 0.15) is 61.4 Å². The molecule has 0 unspecified atom stereocenters. The summed E-state index contributed by atoms with van der Waals surface area (Å²) in [7, 11) is 0. The van der Waals surface area contributed by atoms with Crippen molar-refractivity contribution in [3.05, 3.63) is 23.0 Å². The third kappa shape index (κ3) is 1.75. The quantitative estimate of drug-likeness (QED) is 0.833. The van der Waals surface area contributed by atoms with Crippen LogP contribution in [0.15, 0.2) is 6.07 Å². The number of carboxylic acids is 1. The van der Waals surface area contributed by atoms with Crippen LogP contribution in [-0.4, -0.2) is 15.6 Å². The summed E-state index contributed by atoms with van der Waals surface area (Å²) in [6.07, 6.45) is 2.36. The predicted octanol–water partition coefficient (Wildman–Crippen LogP) is 3.13. The maximum absolute atomic E-state index is 11.1. The molecule has 1 N–H and O–H groups in total. The maximum atomic E-state index is 11.1. The molecule has 0 spiro atoms. The average molecular weight is 221 g/mol. The van der Waals surface area contributed by atoms with E-state index in [2.05, 4.69) is 25.3 Å². The molecule has 2 rings (SSSR count). The van der Waals surface area contributed by atoms with Crippen molar-refractivity contribution in [3.63, 3.8) is 0 Å². The van der Waals surface area contributed by atoms with Crippen LogP contribution in [0.4, 0.5) is 0 Å². The van der Waals surface area contributed by atoms with E-state index in [0.29, 0.717) is 11.6 Å². The van der Waals surface area contributed by atoms with E-state index < -0.39 is 5.97 Å². The van der Waals surface area contributed by atoms with Crippen LogP contribution in [0.5, 0.6) is 0 Å². The summed E-state index contributed by atoms with van der Waals surface area (Å²) in [5.74, 6) is -0.817. The second kappa shape index (κ2) is 3.37. The highest BCUT2D eigenvalue weighted by Gasteiger charge is 2.33. The van der Waals surface area contributed by atoms with E-state index >= 15 is 0 Å². The summed E-state index contributed by atoms with van der Waals surface area (Å²) in [5, 5.41) is 9.16. The van der Waals surface area contributed by atoms with Crippen molar-refractivity contribution >= 4 is 5.97 Å². The molecule has 1 aromatic rings. The second-order valence-corrected chi connectivity index (χ2v) is 5.68. The van der Waals surface area contributed by atoms with Gasteiger partial charge in [-0.25, -0.2) is 4.79 Å². The molecule has 0 atom stereocenters. The molecule has 3 heteroatoms.